The molecule has 0 saturated carbocycles. The van der Waals surface area contributed by atoms with Crippen molar-refractivity contribution in [3.05, 3.63) is 90.0 Å². The van der Waals surface area contributed by atoms with Crippen molar-refractivity contribution in [2.45, 2.75) is 38.7 Å². The largest absolute Gasteiger partial charge is 0.478 e. The minimum Gasteiger partial charge on any atom is -0.478 e. The lowest BCUT2D eigenvalue weighted by Gasteiger charge is -2.27. The first-order valence-corrected chi connectivity index (χ1v) is 9.54. The van der Waals surface area contributed by atoms with Crippen molar-refractivity contribution < 1.29 is 14.6 Å². The summed E-state index contributed by atoms with van der Waals surface area (Å²) >= 11 is 0. The molecule has 0 bridgehead atoms. The third kappa shape index (κ3) is 4.61. The molecular weight excluding hydrogens is 348 g/mol. The third-order valence-corrected chi connectivity index (χ3v) is 4.94. The molecule has 28 heavy (non-hydrogen) atoms. The van der Waals surface area contributed by atoms with E-state index in [1.165, 1.54) is 5.56 Å². The average Bonchev–Trinajstić information content (AvgIpc) is 2.69. The van der Waals surface area contributed by atoms with Crippen molar-refractivity contribution in [3.8, 4) is 16.9 Å². The topological polar surface area (TPSA) is 46.5 Å². The molecule has 1 N–H and O–H groups in total. The Bertz CT molecular complexity index is 912. The molecule has 0 aliphatic heterocycles. The highest BCUT2D eigenvalue weighted by molar-refractivity contribution is 5.78. The van der Waals surface area contributed by atoms with Crippen molar-refractivity contribution in [3.63, 3.8) is 0 Å². The summed E-state index contributed by atoms with van der Waals surface area (Å²) in [4.78, 5) is 12.0. The van der Waals surface area contributed by atoms with Gasteiger partial charge in [0.25, 0.3) is 0 Å². The molecule has 0 spiro atoms. The van der Waals surface area contributed by atoms with Gasteiger partial charge in [0.2, 0.25) is 5.60 Å². The zero-order valence-corrected chi connectivity index (χ0v) is 16.6. The molecule has 0 aliphatic carbocycles. The maximum Gasteiger partial charge on any atom is 0.348 e. The Morgan fingerprint density at radius 1 is 0.893 bits per heavy atom. The Hall–Kier alpha value is -3.07. The molecule has 0 amide bonds. The van der Waals surface area contributed by atoms with Gasteiger partial charge >= 0.3 is 5.97 Å². The summed E-state index contributed by atoms with van der Waals surface area (Å²) in [5.41, 5.74) is 3.01. The van der Waals surface area contributed by atoms with E-state index >= 15 is 0 Å². The van der Waals surface area contributed by atoms with E-state index in [1.54, 1.807) is 6.92 Å². The summed E-state index contributed by atoms with van der Waals surface area (Å²) in [7, 11) is 0. The molecule has 0 radical (unpaired) electrons. The number of benzene rings is 3. The van der Waals surface area contributed by atoms with Gasteiger partial charge in [-0.25, -0.2) is 4.79 Å². The van der Waals surface area contributed by atoms with Crippen LogP contribution in [0.1, 0.15) is 37.8 Å². The lowest BCUT2D eigenvalue weighted by Crippen LogP contribution is -2.43. The number of hydrogen-bond acceptors (Lipinski definition) is 2. The van der Waals surface area contributed by atoms with Crippen LogP contribution in [0.5, 0.6) is 5.75 Å². The summed E-state index contributed by atoms with van der Waals surface area (Å²) in [6, 6.07) is 25.7. The predicted molar refractivity (Wildman–Crippen MR) is 113 cm³/mol. The number of hydrogen-bond donors (Lipinski definition) is 1. The van der Waals surface area contributed by atoms with Gasteiger partial charge in [-0.2, -0.15) is 0 Å². The quantitative estimate of drug-likeness (QED) is 0.556. The highest BCUT2D eigenvalue weighted by Crippen LogP contribution is 2.26. The van der Waals surface area contributed by atoms with Crippen LogP contribution in [0.15, 0.2) is 78.9 Å². The molecule has 0 aromatic heterocycles. The van der Waals surface area contributed by atoms with Gasteiger partial charge in [-0.05, 0) is 47.2 Å². The first-order chi connectivity index (χ1) is 13.4. The van der Waals surface area contributed by atoms with Crippen molar-refractivity contribution in [1.29, 1.82) is 0 Å². The SMILES string of the molecule is CC(C)c1ccc(OC(C)(Cc2ccc(-c3ccccc3)cc2)C(=O)O)cc1. The van der Waals surface area contributed by atoms with Gasteiger partial charge in [0.05, 0.1) is 0 Å². The molecule has 144 valence electrons. The van der Waals surface area contributed by atoms with Crippen LogP contribution in [-0.2, 0) is 11.2 Å². The van der Waals surface area contributed by atoms with Gasteiger partial charge in [-0.15, -0.1) is 0 Å². The number of rotatable bonds is 7. The van der Waals surface area contributed by atoms with Crippen molar-refractivity contribution in [2.24, 2.45) is 0 Å². The highest BCUT2D eigenvalue weighted by Gasteiger charge is 2.36. The number of carboxylic acid groups (broad SMARTS) is 1. The second kappa shape index (κ2) is 8.30. The molecule has 3 nitrogen and oxygen atoms in total. The summed E-state index contributed by atoms with van der Waals surface area (Å²) in [5.74, 6) is 0.00538. The number of ether oxygens (including phenoxy) is 1. The Morgan fingerprint density at radius 2 is 1.46 bits per heavy atom. The fraction of sp³-hybridized carbons (Fsp3) is 0.240. The van der Waals surface area contributed by atoms with E-state index in [0.717, 1.165) is 16.7 Å². The van der Waals surface area contributed by atoms with Crippen LogP contribution in [-0.4, -0.2) is 16.7 Å². The smallest absolute Gasteiger partial charge is 0.348 e. The standard InChI is InChI=1S/C25H26O3/c1-18(2)20-13-15-23(16-14-20)28-25(3,24(26)27)17-19-9-11-22(12-10-19)21-7-5-4-6-8-21/h4-16,18H,17H2,1-3H3,(H,26,27). The van der Waals surface area contributed by atoms with Crippen LogP contribution in [0.4, 0.5) is 0 Å². The van der Waals surface area contributed by atoms with Crippen LogP contribution in [0.3, 0.4) is 0 Å². The molecule has 3 aromatic rings. The van der Waals surface area contributed by atoms with E-state index in [0.29, 0.717) is 11.7 Å². The summed E-state index contributed by atoms with van der Waals surface area (Å²) in [5, 5.41) is 9.81. The molecule has 0 fully saturated rings. The second-order valence-corrected chi connectivity index (χ2v) is 7.60. The van der Waals surface area contributed by atoms with Crippen LogP contribution >= 0.6 is 0 Å². The molecule has 3 rings (SSSR count). The Morgan fingerprint density at radius 3 is 2.00 bits per heavy atom. The van der Waals surface area contributed by atoms with Gasteiger partial charge < -0.3 is 9.84 Å². The number of aliphatic carboxylic acids is 1. The second-order valence-electron chi connectivity index (χ2n) is 7.60. The predicted octanol–water partition coefficient (Wildman–Crippen LogP) is 5.94. The Balaban J connectivity index is 1.77. The first kappa shape index (κ1) is 19.7. The van der Waals surface area contributed by atoms with Gasteiger partial charge in [0, 0.05) is 6.42 Å². The summed E-state index contributed by atoms with van der Waals surface area (Å²) in [6.07, 6.45) is 0.281. The maximum atomic E-state index is 12.0. The van der Waals surface area contributed by atoms with E-state index < -0.39 is 11.6 Å². The van der Waals surface area contributed by atoms with E-state index in [2.05, 4.69) is 26.0 Å². The molecule has 3 aromatic carbocycles. The van der Waals surface area contributed by atoms with E-state index in [-0.39, 0.29) is 6.42 Å². The minimum absolute atomic E-state index is 0.281. The van der Waals surface area contributed by atoms with Crippen LogP contribution < -0.4 is 4.74 Å². The van der Waals surface area contributed by atoms with Crippen LogP contribution in [0.25, 0.3) is 11.1 Å². The third-order valence-electron chi connectivity index (χ3n) is 4.94. The molecule has 0 saturated heterocycles. The van der Waals surface area contributed by atoms with Crippen molar-refractivity contribution in [1.82, 2.24) is 0 Å². The van der Waals surface area contributed by atoms with E-state index in [9.17, 15) is 9.90 Å². The van der Waals surface area contributed by atoms with Crippen LogP contribution in [0.2, 0.25) is 0 Å². The van der Waals surface area contributed by atoms with Gasteiger partial charge in [0.1, 0.15) is 5.75 Å². The maximum absolute atomic E-state index is 12.0. The Labute approximate surface area is 166 Å². The number of carboxylic acids is 1. The van der Waals surface area contributed by atoms with E-state index in [4.69, 9.17) is 4.74 Å². The van der Waals surface area contributed by atoms with Crippen molar-refractivity contribution in [2.75, 3.05) is 0 Å². The highest BCUT2D eigenvalue weighted by atomic mass is 16.5. The molecular formula is C25H26O3. The first-order valence-electron chi connectivity index (χ1n) is 9.54. The average molecular weight is 374 g/mol. The minimum atomic E-state index is -1.34. The molecule has 0 aliphatic rings. The zero-order chi connectivity index (χ0) is 20.1. The van der Waals surface area contributed by atoms with Crippen molar-refractivity contribution >= 4 is 5.97 Å². The van der Waals surface area contributed by atoms with Gasteiger partial charge in [0.15, 0.2) is 0 Å². The zero-order valence-electron chi connectivity index (χ0n) is 16.6. The molecule has 0 heterocycles. The number of carbonyl (C=O) groups is 1. The lowest BCUT2D eigenvalue weighted by molar-refractivity contribution is -0.153. The van der Waals surface area contributed by atoms with Crippen LogP contribution in [0, 0.1) is 0 Å². The monoisotopic (exact) mass is 374 g/mol. The van der Waals surface area contributed by atoms with Gasteiger partial charge in [-0.1, -0.05) is 80.6 Å². The fourth-order valence-corrected chi connectivity index (χ4v) is 3.17. The molecule has 3 heteroatoms. The summed E-state index contributed by atoms with van der Waals surface area (Å²) < 4.78 is 5.92. The Kier molecular flexibility index (Phi) is 5.84. The molecule has 1 atom stereocenters. The lowest BCUT2D eigenvalue weighted by atomic mass is 9.94. The fourth-order valence-electron chi connectivity index (χ4n) is 3.17. The molecule has 1 unspecified atom stereocenters. The summed E-state index contributed by atoms with van der Waals surface area (Å²) in [6.45, 7) is 5.86. The normalized spacial score (nSPS) is 13.1. The van der Waals surface area contributed by atoms with E-state index in [1.807, 2.05) is 66.7 Å². The van der Waals surface area contributed by atoms with Gasteiger partial charge in [-0.3, -0.25) is 0 Å².